The SMILES string of the molecule is COc1ccc2c(c1)-c1ccc(OC)cc1C2C(=O)N(C)C. The van der Waals surface area contributed by atoms with Gasteiger partial charge >= 0.3 is 0 Å². The van der Waals surface area contributed by atoms with Crippen molar-refractivity contribution in [1.82, 2.24) is 4.90 Å². The number of amides is 1. The second-order valence-corrected chi connectivity index (χ2v) is 5.57. The molecule has 4 nitrogen and oxygen atoms in total. The summed E-state index contributed by atoms with van der Waals surface area (Å²) in [5, 5.41) is 0. The van der Waals surface area contributed by atoms with E-state index in [0.29, 0.717) is 0 Å². The Hall–Kier alpha value is -2.49. The van der Waals surface area contributed by atoms with Gasteiger partial charge in [0.15, 0.2) is 0 Å². The smallest absolute Gasteiger partial charge is 0.234 e. The molecule has 0 radical (unpaired) electrons. The molecule has 0 saturated carbocycles. The molecule has 1 aliphatic carbocycles. The average Bonchev–Trinajstić information content (AvgIpc) is 2.86. The molecule has 0 aliphatic heterocycles. The normalized spacial score (nSPS) is 15.0. The molecule has 1 aliphatic rings. The Bertz CT molecular complexity index is 737. The van der Waals surface area contributed by atoms with Gasteiger partial charge in [0.25, 0.3) is 0 Å². The second-order valence-electron chi connectivity index (χ2n) is 5.57. The first kappa shape index (κ1) is 14.4. The fourth-order valence-electron chi connectivity index (χ4n) is 2.99. The third-order valence-corrected chi connectivity index (χ3v) is 4.12. The quantitative estimate of drug-likeness (QED) is 0.874. The van der Waals surface area contributed by atoms with Gasteiger partial charge in [0.1, 0.15) is 11.5 Å². The summed E-state index contributed by atoms with van der Waals surface area (Å²) >= 11 is 0. The van der Waals surface area contributed by atoms with E-state index in [0.717, 1.165) is 33.8 Å². The molecule has 0 saturated heterocycles. The number of rotatable bonds is 3. The van der Waals surface area contributed by atoms with Crippen LogP contribution in [0.2, 0.25) is 0 Å². The molecule has 4 heteroatoms. The van der Waals surface area contributed by atoms with Crippen molar-refractivity contribution in [2.45, 2.75) is 5.92 Å². The molecular weight excluding hydrogens is 278 g/mol. The summed E-state index contributed by atoms with van der Waals surface area (Å²) in [7, 11) is 6.84. The van der Waals surface area contributed by atoms with Crippen molar-refractivity contribution in [3.05, 3.63) is 47.5 Å². The van der Waals surface area contributed by atoms with Gasteiger partial charge in [-0.05, 0) is 46.5 Å². The molecule has 22 heavy (non-hydrogen) atoms. The molecule has 0 spiro atoms. The number of carbonyl (C=O) groups excluding carboxylic acids is 1. The van der Waals surface area contributed by atoms with Crippen molar-refractivity contribution >= 4 is 5.91 Å². The van der Waals surface area contributed by atoms with Crippen molar-refractivity contribution < 1.29 is 14.3 Å². The minimum Gasteiger partial charge on any atom is -0.497 e. The lowest BCUT2D eigenvalue weighted by Gasteiger charge is -2.18. The molecule has 0 N–H and O–H groups in total. The van der Waals surface area contributed by atoms with Crippen LogP contribution < -0.4 is 9.47 Å². The Kier molecular flexibility index (Phi) is 3.53. The molecule has 2 aromatic rings. The molecule has 114 valence electrons. The van der Waals surface area contributed by atoms with Crippen LogP contribution in [0.5, 0.6) is 11.5 Å². The number of fused-ring (bicyclic) bond motifs is 3. The third kappa shape index (κ3) is 2.11. The van der Waals surface area contributed by atoms with E-state index in [2.05, 4.69) is 0 Å². The number of likely N-dealkylation sites (N-methyl/N-ethyl adjacent to an activating group) is 1. The topological polar surface area (TPSA) is 38.8 Å². The van der Waals surface area contributed by atoms with Gasteiger partial charge in [-0.25, -0.2) is 0 Å². The number of hydrogen-bond donors (Lipinski definition) is 0. The van der Waals surface area contributed by atoms with Crippen LogP contribution in [0.4, 0.5) is 0 Å². The number of ether oxygens (including phenoxy) is 2. The Morgan fingerprint density at radius 2 is 1.55 bits per heavy atom. The number of hydrogen-bond acceptors (Lipinski definition) is 3. The fourth-order valence-corrected chi connectivity index (χ4v) is 2.99. The maximum absolute atomic E-state index is 12.7. The molecule has 1 atom stereocenters. The largest absolute Gasteiger partial charge is 0.497 e. The first-order chi connectivity index (χ1) is 10.6. The van der Waals surface area contributed by atoms with Crippen LogP contribution >= 0.6 is 0 Å². The van der Waals surface area contributed by atoms with E-state index in [1.54, 1.807) is 33.2 Å². The van der Waals surface area contributed by atoms with Crippen molar-refractivity contribution in [3.63, 3.8) is 0 Å². The van der Waals surface area contributed by atoms with Gasteiger partial charge in [-0.3, -0.25) is 4.79 Å². The van der Waals surface area contributed by atoms with Gasteiger partial charge in [0, 0.05) is 14.1 Å². The molecule has 0 aromatic heterocycles. The predicted octanol–water partition coefficient (Wildman–Crippen LogP) is 2.90. The standard InChI is InChI=1S/C18H19NO3/c1-19(2)18(20)17-14-8-6-11(21-3)9-15(14)13-7-5-12(22-4)10-16(13)17/h5-10,17H,1-4H3. The number of benzene rings is 2. The first-order valence-electron chi connectivity index (χ1n) is 7.14. The molecular formula is C18H19NO3. The third-order valence-electron chi connectivity index (χ3n) is 4.12. The van der Waals surface area contributed by atoms with Crippen LogP contribution in [-0.4, -0.2) is 39.1 Å². The average molecular weight is 297 g/mol. The highest BCUT2D eigenvalue weighted by atomic mass is 16.5. The van der Waals surface area contributed by atoms with Crippen LogP contribution in [0, 0.1) is 0 Å². The maximum atomic E-state index is 12.7. The van der Waals surface area contributed by atoms with Gasteiger partial charge in [-0.15, -0.1) is 0 Å². The molecule has 1 amide bonds. The Labute approximate surface area is 130 Å². The lowest BCUT2D eigenvalue weighted by Crippen LogP contribution is -2.27. The lowest BCUT2D eigenvalue weighted by atomic mass is 9.95. The van der Waals surface area contributed by atoms with E-state index in [1.165, 1.54) is 0 Å². The van der Waals surface area contributed by atoms with Crippen LogP contribution in [0.3, 0.4) is 0 Å². The Morgan fingerprint density at radius 3 is 2.18 bits per heavy atom. The van der Waals surface area contributed by atoms with Crippen LogP contribution in [-0.2, 0) is 4.79 Å². The summed E-state index contributed by atoms with van der Waals surface area (Å²) in [6.07, 6.45) is 0. The predicted molar refractivity (Wildman–Crippen MR) is 85.5 cm³/mol. The van der Waals surface area contributed by atoms with E-state index >= 15 is 0 Å². The zero-order chi connectivity index (χ0) is 15.9. The molecule has 0 heterocycles. The summed E-state index contributed by atoms with van der Waals surface area (Å²) in [5.41, 5.74) is 4.12. The summed E-state index contributed by atoms with van der Waals surface area (Å²) in [6, 6.07) is 11.8. The molecule has 2 aromatic carbocycles. The van der Waals surface area contributed by atoms with Crippen LogP contribution in [0.25, 0.3) is 11.1 Å². The molecule has 0 fully saturated rings. The van der Waals surface area contributed by atoms with Crippen molar-refractivity contribution in [2.24, 2.45) is 0 Å². The monoisotopic (exact) mass is 297 g/mol. The van der Waals surface area contributed by atoms with Crippen LogP contribution in [0.15, 0.2) is 36.4 Å². The van der Waals surface area contributed by atoms with E-state index in [-0.39, 0.29) is 11.8 Å². The van der Waals surface area contributed by atoms with E-state index in [4.69, 9.17) is 9.47 Å². The lowest BCUT2D eigenvalue weighted by molar-refractivity contribution is -0.129. The van der Waals surface area contributed by atoms with Gasteiger partial charge in [0.05, 0.1) is 20.1 Å². The van der Waals surface area contributed by atoms with Gasteiger partial charge in [-0.1, -0.05) is 12.1 Å². The Morgan fingerprint density at radius 1 is 0.909 bits per heavy atom. The zero-order valence-corrected chi connectivity index (χ0v) is 13.2. The van der Waals surface area contributed by atoms with Crippen LogP contribution in [0.1, 0.15) is 17.0 Å². The number of methoxy groups -OCH3 is 2. The highest BCUT2D eigenvalue weighted by molar-refractivity contribution is 5.96. The van der Waals surface area contributed by atoms with Gasteiger partial charge in [0.2, 0.25) is 5.91 Å². The van der Waals surface area contributed by atoms with Gasteiger partial charge in [-0.2, -0.15) is 0 Å². The summed E-state index contributed by atoms with van der Waals surface area (Å²) in [6.45, 7) is 0. The molecule has 3 rings (SSSR count). The highest BCUT2D eigenvalue weighted by Gasteiger charge is 2.35. The number of carbonyl (C=O) groups is 1. The first-order valence-corrected chi connectivity index (χ1v) is 7.14. The van der Waals surface area contributed by atoms with Gasteiger partial charge < -0.3 is 14.4 Å². The van der Waals surface area contributed by atoms with E-state index < -0.39 is 0 Å². The maximum Gasteiger partial charge on any atom is 0.234 e. The summed E-state index contributed by atoms with van der Waals surface area (Å²) < 4.78 is 10.6. The zero-order valence-electron chi connectivity index (χ0n) is 13.2. The highest BCUT2D eigenvalue weighted by Crippen LogP contribution is 2.47. The van der Waals surface area contributed by atoms with Crippen molar-refractivity contribution in [2.75, 3.05) is 28.3 Å². The summed E-state index contributed by atoms with van der Waals surface area (Å²) in [5.74, 6) is 1.33. The van der Waals surface area contributed by atoms with E-state index in [9.17, 15) is 4.79 Å². The minimum atomic E-state index is -0.291. The summed E-state index contributed by atoms with van der Waals surface area (Å²) in [4.78, 5) is 14.3. The Balaban J connectivity index is 2.23. The van der Waals surface area contributed by atoms with E-state index in [1.807, 2.05) is 36.4 Å². The van der Waals surface area contributed by atoms with Crippen molar-refractivity contribution in [3.8, 4) is 22.6 Å². The number of nitrogens with zero attached hydrogens (tertiary/aromatic N) is 1. The molecule has 1 unspecified atom stereocenters. The second kappa shape index (κ2) is 5.37. The fraction of sp³-hybridized carbons (Fsp3) is 0.278. The minimum absolute atomic E-state index is 0.0680. The molecule has 0 bridgehead atoms. The van der Waals surface area contributed by atoms with Crippen molar-refractivity contribution in [1.29, 1.82) is 0 Å².